The van der Waals surface area contributed by atoms with Crippen molar-refractivity contribution >= 4 is 17.2 Å². The molecule has 1 aliphatic heterocycles. The van der Waals surface area contributed by atoms with Crippen LogP contribution in [0.25, 0.3) is 21.8 Å². The largest absolute Gasteiger partial charge is 0.381 e. The third-order valence-electron chi connectivity index (χ3n) is 5.73. The van der Waals surface area contributed by atoms with Crippen LogP contribution in [-0.2, 0) is 22.5 Å². The van der Waals surface area contributed by atoms with Gasteiger partial charge >= 0.3 is 0 Å². The number of aromatic nitrogens is 3. The Bertz CT molecular complexity index is 1030. The monoisotopic (exact) mass is 456 g/mol. The van der Waals surface area contributed by atoms with Crippen LogP contribution >= 0.6 is 11.3 Å². The zero-order valence-corrected chi connectivity index (χ0v) is 19.2. The van der Waals surface area contributed by atoms with E-state index in [1.807, 2.05) is 16.3 Å². The number of benzene rings is 1. The summed E-state index contributed by atoms with van der Waals surface area (Å²) in [5.74, 6) is 0.217. The quantitative estimate of drug-likeness (QED) is 0.507. The number of carbonyl (C=O) groups is 1. The number of amides is 1. The first-order chi connectivity index (χ1) is 15.6. The predicted molar refractivity (Wildman–Crippen MR) is 124 cm³/mol. The van der Waals surface area contributed by atoms with E-state index in [-0.39, 0.29) is 18.1 Å². The van der Waals surface area contributed by atoms with Crippen LogP contribution in [0.2, 0.25) is 0 Å². The molecule has 0 unspecified atom stereocenters. The number of carbonyl (C=O) groups excluding carboxylic acids is 1. The Hall–Kier alpha value is -2.58. The van der Waals surface area contributed by atoms with E-state index >= 15 is 0 Å². The van der Waals surface area contributed by atoms with E-state index in [1.54, 1.807) is 12.1 Å². The van der Waals surface area contributed by atoms with Crippen LogP contribution in [-0.4, -0.2) is 40.4 Å². The lowest BCUT2D eigenvalue weighted by atomic mass is 10.0. The van der Waals surface area contributed by atoms with Crippen LogP contribution in [0.15, 0.2) is 35.8 Å². The fourth-order valence-corrected chi connectivity index (χ4v) is 4.71. The van der Waals surface area contributed by atoms with Gasteiger partial charge in [-0.3, -0.25) is 9.48 Å². The fraction of sp³-hybridized carbons (Fsp3) is 0.458. The number of nitrogens with one attached hydrogen (secondary N) is 1. The van der Waals surface area contributed by atoms with Crippen LogP contribution in [0.1, 0.15) is 38.3 Å². The Balaban J connectivity index is 1.48. The van der Waals surface area contributed by atoms with Crippen LogP contribution in [0.4, 0.5) is 4.39 Å². The zero-order valence-electron chi connectivity index (χ0n) is 18.3. The Morgan fingerprint density at radius 2 is 2.06 bits per heavy atom. The smallest absolute Gasteiger partial charge is 0.226 e. The van der Waals surface area contributed by atoms with Crippen LogP contribution < -0.4 is 5.32 Å². The summed E-state index contributed by atoms with van der Waals surface area (Å²) in [7, 11) is 0. The summed E-state index contributed by atoms with van der Waals surface area (Å²) in [4.78, 5) is 17.1. The molecule has 1 amide bonds. The van der Waals surface area contributed by atoms with Crippen molar-refractivity contribution in [2.24, 2.45) is 5.92 Å². The first-order valence-electron chi connectivity index (χ1n) is 11.2. The second-order valence-electron chi connectivity index (χ2n) is 8.17. The highest BCUT2D eigenvalue weighted by Crippen LogP contribution is 2.34. The molecule has 1 fully saturated rings. The van der Waals surface area contributed by atoms with Gasteiger partial charge in [-0.1, -0.05) is 13.3 Å². The maximum atomic E-state index is 13.5. The van der Waals surface area contributed by atoms with Gasteiger partial charge in [0.2, 0.25) is 5.91 Å². The van der Waals surface area contributed by atoms with E-state index in [1.165, 1.54) is 23.5 Å². The fourth-order valence-electron chi connectivity index (χ4n) is 3.88. The minimum absolute atomic E-state index is 0.00857. The summed E-state index contributed by atoms with van der Waals surface area (Å²) >= 11 is 1.50. The average molecular weight is 457 g/mol. The maximum absolute atomic E-state index is 13.5. The Labute approximate surface area is 191 Å². The van der Waals surface area contributed by atoms with E-state index in [4.69, 9.17) is 9.72 Å². The molecule has 8 heteroatoms. The predicted octanol–water partition coefficient (Wildman–Crippen LogP) is 4.70. The van der Waals surface area contributed by atoms with E-state index in [2.05, 4.69) is 17.3 Å². The van der Waals surface area contributed by atoms with E-state index in [0.29, 0.717) is 12.5 Å². The number of ether oxygens (including phenoxy) is 1. The summed E-state index contributed by atoms with van der Waals surface area (Å²) in [6.45, 7) is 5.17. The molecule has 32 heavy (non-hydrogen) atoms. The van der Waals surface area contributed by atoms with Crippen LogP contribution in [0.3, 0.4) is 0 Å². The molecule has 0 radical (unpaired) electrons. The Morgan fingerprint density at radius 3 is 2.81 bits per heavy atom. The topological polar surface area (TPSA) is 69.0 Å². The second-order valence-corrected chi connectivity index (χ2v) is 9.03. The molecule has 0 bridgehead atoms. The zero-order chi connectivity index (χ0) is 22.3. The van der Waals surface area contributed by atoms with Gasteiger partial charge in [-0.15, -0.1) is 11.3 Å². The second kappa shape index (κ2) is 10.8. The van der Waals surface area contributed by atoms with Crippen molar-refractivity contribution in [1.29, 1.82) is 0 Å². The molecule has 1 N–H and O–H groups in total. The van der Waals surface area contributed by atoms with Crippen molar-refractivity contribution in [2.75, 3.05) is 19.8 Å². The number of hydrogen-bond acceptors (Lipinski definition) is 5. The molecule has 1 aliphatic rings. The summed E-state index contributed by atoms with van der Waals surface area (Å²) in [5.41, 5.74) is 3.50. The molecular weight excluding hydrogens is 427 g/mol. The summed E-state index contributed by atoms with van der Waals surface area (Å²) in [6, 6.07) is 6.48. The molecule has 170 valence electrons. The molecule has 6 nitrogen and oxygen atoms in total. The molecule has 0 aliphatic carbocycles. The normalized spacial score (nSPS) is 14.6. The lowest BCUT2D eigenvalue weighted by Gasteiger charge is -2.22. The van der Waals surface area contributed by atoms with Gasteiger partial charge in [0, 0.05) is 37.2 Å². The van der Waals surface area contributed by atoms with Crippen molar-refractivity contribution in [3.05, 3.63) is 47.4 Å². The lowest BCUT2D eigenvalue weighted by Crippen LogP contribution is -2.33. The van der Waals surface area contributed by atoms with Gasteiger partial charge in [-0.2, -0.15) is 5.10 Å². The van der Waals surface area contributed by atoms with Gasteiger partial charge in [0.1, 0.15) is 10.8 Å². The van der Waals surface area contributed by atoms with E-state index in [0.717, 1.165) is 73.0 Å². The first-order valence-corrected chi connectivity index (χ1v) is 12.1. The highest BCUT2D eigenvalue weighted by Gasteiger charge is 2.19. The van der Waals surface area contributed by atoms with Gasteiger partial charge in [0.25, 0.3) is 0 Å². The third-order valence-corrected chi connectivity index (χ3v) is 6.66. The number of thiazole rings is 1. The van der Waals surface area contributed by atoms with Crippen molar-refractivity contribution in [3.8, 4) is 21.8 Å². The molecule has 4 rings (SSSR count). The lowest BCUT2D eigenvalue weighted by molar-refractivity contribution is -0.120. The van der Waals surface area contributed by atoms with Gasteiger partial charge in [-0.25, -0.2) is 9.37 Å². The average Bonchev–Trinajstić information content (AvgIpc) is 3.44. The molecular formula is C24H29FN4O2S. The van der Waals surface area contributed by atoms with Gasteiger partial charge in [0.15, 0.2) is 0 Å². The Kier molecular flexibility index (Phi) is 7.65. The first kappa shape index (κ1) is 22.6. The number of aryl methyl sites for hydroxylation is 1. The van der Waals surface area contributed by atoms with Gasteiger partial charge in [0.05, 0.1) is 29.6 Å². The third kappa shape index (κ3) is 5.61. The number of rotatable bonds is 9. The molecule has 0 spiro atoms. The van der Waals surface area contributed by atoms with Gasteiger partial charge in [-0.05, 0) is 49.4 Å². The van der Waals surface area contributed by atoms with E-state index in [9.17, 15) is 9.18 Å². The number of halogens is 1. The molecule has 3 aromatic rings. The number of hydrogen-bond donors (Lipinski definition) is 1. The minimum atomic E-state index is -0.266. The minimum Gasteiger partial charge on any atom is -0.381 e. The number of nitrogens with zero attached hydrogens (tertiary/aromatic N) is 3. The standard InChI is InChI=1S/C24H29FN4O2S/c1-2-3-10-29-23(18-4-6-19(25)7-5-18)21(15-27-29)24-28-20(16-32-24)13-22(30)26-14-17-8-11-31-12-9-17/h4-7,15-17H,2-3,8-14H2,1H3,(H,26,30). The SMILES string of the molecule is CCCCn1ncc(-c2nc(CC(=O)NCC3CCOCC3)cs2)c1-c1ccc(F)cc1. The summed E-state index contributed by atoms with van der Waals surface area (Å²) in [6.07, 6.45) is 6.14. The molecule has 0 saturated carbocycles. The highest BCUT2D eigenvalue weighted by molar-refractivity contribution is 7.13. The number of unbranched alkanes of at least 4 members (excludes halogenated alkanes) is 1. The molecule has 2 aromatic heterocycles. The molecule has 3 heterocycles. The molecule has 0 atom stereocenters. The molecule has 1 aromatic carbocycles. The van der Waals surface area contributed by atoms with E-state index < -0.39 is 0 Å². The highest BCUT2D eigenvalue weighted by atomic mass is 32.1. The van der Waals surface area contributed by atoms with Crippen LogP contribution in [0, 0.1) is 11.7 Å². The Morgan fingerprint density at radius 1 is 1.28 bits per heavy atom. The maximum Gasteiger partial charge on any atom is 0.226 e. The summed E-state index contributed by atoms with van der Waals surface area (Å²) < 4.78 is 20.8. The molecule has 1 saturated heterocycles. The van der Waals surface area contributed by atoms with Crippen molar-refractivity contribution in [3.63, 3.8) is 0 Å². The van der Waals surface area contributed by atoms with Crippen molar-refractivity contribution in [1.82, 2.24) is 20.1 Å². The summed E-state index contributed by atoms with van der Waals surface area (Å²) in [5, 5.41) is 10.4. The van der Waals surface area contributed by atoms with Crippen molar-refractivity contribution < 1.29 is 13.9 Å². The van der Waals surface area contributed by atoms with Crippen molar-refractivity contribution in [2.45, 2.75) is 45.6 Å². The van der Waals surface area contributed by atoms with Crippen LogP contribution in [0.5, 0.6) is 0 Å². The van der Waals surface area contributed by atoms with Gasteiger partial charge < -0.3 is 10.1 Å².